The van der Waals surface area contributed by atoms with Gasteiger partial charge in [-0.15, -0.1) is 0 Å². The molecule has 2 rings (SSSR count). The van der Waals surface area contributed by atoms with E-state index in [0.29, 0.717) is 12.2 Å². The van der Waals surface area contributed by atoms with Crippen LogP contribution >= 0.6 is 0 Å². The summed E-state index contributed by atoms with van der Waals surface area (Å²) in [6.07, 6.45) is 1.51. The molecule has 94 valence electrons. The molecular formula is C12H13FN4O. The monoisotopic (exact) mass is 248 g/mol. The van der Waals surface area contributed by atoms with Gasteiger partial charge < -0.3 is 11.1 Å². The molecular weight excluding hydrogens is 235 g/mol. The van der Waals surface area contributed by atoms with Crippen molar-refractivity contribution in [3.05, 3.63) is 47.5 Å². The van der Waals surface area contributed by atoms with E-state index >= 15 is 0 Å². The fraction of sp³-hybridized carbons (Fsp3) is 0.167. The second-order valence-corrected chi connectivity index (χ2v) is 3.79. The summed E-state index contributed by atoms with van der Waals surface area (Å²) >= 11 is 0. The lowest BCUT2D eigenvalue weighted by Gasteiger charge is -2.10. The van der Waals surface area contributed by atoms with Crippen LogP contribution in [-0.4, -0.2) is 22.7 Å². The van der Waals surface area contributed by atoms with Gasteiger partial charge in [-0.2, -0.15) is 5.10 Å². The Morgan fingerprint density at radius 2 is 2.28 bits per heavy atom. The van der Waals surface area contributed by atoms with Crippen molar-refractivity contribution < 1.29 is 9.18 Å². The first kappa shape index (κ1) is 12.3. The third kappa shape index (κ3) is 2.23. The molecule has 0 saturated heterocycles. The van der Waals surface area contributed by atoms with Crippen LogP contribution in [0.3, 0.4) is 0 Å². The summed E-state index contributed by atoms with van der Waals surface area (Å²) in [6, 6.07) is 6.22. The molecule has 2 aromatic rings. The number of hydrogen-bond donors (Lipinski definition) is 2. The molecule has 1 aromatic carbocycles. The Hall–Kier alpha value is -2.21. The van der Waals surface area contributed by atoms with Crippen LogP contribution < -0.4 is 11.1 Å². The number of carbonyl (C=O) groups excluding carboxylic acids is 1. The molecule has 0 atom stereocenters. The van der Waals surface area contributed by atoms with E-state index in [4.69, 9.17) is 5.73 Å². The molecule has 5 nitrogen and oxygen atoms in total. The molecule has 6 heteroatoms. The average Bonchev–Trinajstić information content (AvgIpc) is 2.79. The van der Waals surface area contributed by atoms with Crippen LogP contribution in [0.25, 0.3) is 5.69 Å². The van der Waals surface area contributed by atoms with Gasteiger partial charge in [-0.05, 0) is 24.7 Å². The van der Waals surface area contributed by atoms with Gasteiger partial charge in [-0.3, -0.25) is 4.79 Å². The molecule has 1 amide bonds. The van der Waals surface area contributed by atoms with E-state index in [0.717, 1.165) is 5.56 Å². The quantitative estimate of drug-likeness (QED) is 0.841. The second-order valence-electron chi connectivity index (χ2n) is 3.79. The molecule has 3 N–H and O–H groups in total. The maximum atomic E-state index is 13.9. The Bertz CT molecular complexity index is 579. The number of nitrogens with two attached hydrogens (primary N) is 1. The zero-order chi connectivity index (χ0) is 13.1. The van der Waals surface area contributed by atoms with E-state index in [1.54, 1.807) is 19.2 Å². The fourth-order valence-electron chi connectivity index (χ4n) is 1.73. The zero-order valence-electron chi connectivity index (χ0n) is 9.85. The first-order chi connectivity index (χ1) is 8.63. The van der Waals surface area contributed by atoms with Gasteiger partial charge in [0.1, 0.15) is 17.2 Å². The summed E-state index contributed by atoms with van der Waals surface area (Å²) < 4.78 is 15.2. The van der Waals surface area contributed by atoms with Gasteiger partial charge >= 0.3 is 0 Å². The number of primary amides is 1. The minimum atomic E-state index is -0.639. The van der Waals surface area contributed by atoms with Crippen LogP contribution in [-0.2, 0) is 6.54 Å². The number of carbonyl (C=O) groups is 1. The molecule has 0 bridgehead atoms. The predicted molar refractivity (Wildman–Crippen MR) is 64.8 cm³/mol. The van der Waals surface area contributed by atoms with Crippen molar-refractivity contribution in [1.29, 1.82) is 0 Å². The van der Waals surface area contributed by atoms with Crippen molar-refractivity contribution in [1.82, 2.24) is 15.1 Å². The van der Waals surface area contributed by atoms with Crippen LogP contribution in [0, 0.1) is 5.82 Å². The summed E-state index contributed by atoms with van der Waals surface area (Å²) in [6.45, 7) is 0.499. The smallest absolute Gasteiger partial charge is 0.269 e. The number of amides is 1. The number of hydrogen-bond acceptors (Lipinski definition) is 3. The zero-order valence-corrected chi connectivity index (χ0v) is 9.85. The number of nitrogens with zero attached hydrogens (tertiary/aromatic N) is 2. The molecule has 0 saturated carbocycles. The average molecular weight is 248 g/mol. The maximum absolute atomic E-state index is 13.9. The molecule has 0 fully saturated rings. The molecule has 0 aliphatic rings. The lowest BCUT2D eigenvalue weighted by molar-refractivity contribution is 0.0995. The lowest BCUT2D eigenvalue weighted by Crippen LogP contribution is -2.14. The Balaban J connectivity index is 2.51. The van der Waals surface area contributed by atoms with Crippen LogP contribution in [0.15, 0.2) is 30.5 Å². The van der Waals surface area contributed by atoms with E-state index in [-0.39, 0.29) is 5.69 Å². The van der Waals surface area contributed by atoms with Crippen LogP contribution in [0.5, 0.6) is 0 Å². The topological polar surface area (TPSA) is 72.9 Å². The van der Waals surface area contributed by atoms with Crippen molar-refractivity contribution in [2.24, 2.45) is 5.73 Å². The SMILES string of the molecule is CNCc1cccc(F)c1-n1ccc(C(N)=O)n1. The van der Waals surface area contributed by atoms with Crippen LogP contribution in [0.2, 0.25) is 0 Å². The first-order valence-electron chi connectivity index (χ1n) is 5.41. The Morgan fingerprint density at radius 1 is 1.50 bits per heavy atom. The highest BCUT2D eigenvalue weighted by Gasteiger charge is 2.13. The van der Waals surface area contributed by atoms with Gasteiger partial charge in [0.15, 0.2) is 0 Å². The number of rotatable bonds is 4. The minimum absolute atomic E-state index is 0.105. The number of aromatic nitrogens is 2. The summed E-state index contributed by atoms with van der Waals surface area (Å²) in [5.74, 6) is -1.04. The Labute approximate surface area is 103 Å². The van der Waals surface area contributed by atoms with Gasteiger partial charge in [-0.25, -0.2) is 9.07 Å². The first-order valence-corrected chi connectivity index (χ1v) is 5.41. The lowest BCUT2D eigenvalue weighted by atomic mass is 10.1. The summed E-state index contributed by atoms with van der Waals surface area (Å²) in [7, 11) is 1.77. The van der Waals surface area contributed by atoms with E-state index in [1.165, 1.54) is 23.0 Å². The fourth-order valence-corrected chi connectivity index (χ4v) is 1.73. The van der Waals surface area contributed by atoms with Gasteiger partial charge in [0.25, 0.3) is 5.91 Å². The van der Waals surface area contributed by atoms with E-state index in [2.05, 4.69) is 10.4 Å². The second kappa shape index (κ2) is 4.97. The number of nitrogens with one attached hydrogen (secondary N) is 1. The van der Waals surface area contributed by atoms with Crippen LogP contribution in [0.4, 0.5) is 4.39 Å². The standard InChI is InChI=1S/C12H13FN4O/c1-15-7-8-3-2-4-9(13)11(8)17-6-5-10(16-17)12(14)18/h2-6,15H,7H2,1H3,(H2,14,18). The normalized spacial score (nSPS) is 10.6. The molecule has 0 aliphatic carbocycles. The Morgan fingerprint density at radius 3 is 2.89 bits per heavy atom. The molecule has 0 spiro atoms. The van der Waals surface area contributed by atoms with E-state index in [9.17, 15) is 9.18 Å². The van der Waals surface area contributed by atoms with Crippen molar-refractivity contribution in [3.8, 4) is 5.69 Å². The molecule has 18 heavy (non-hydrogen) atoms. The van der Waals surface area contributed by atoms with Crippen molar-refractivity contribution in [2.75, 3.05) is 7.05 Å². The van der Waals surface area contributed by atoms with Gasteiger partial charge in [0, 0.05) is 12.7 Å². The third-order valence-corrected chi connectivity index (χ3v) is 2.51. The number of halogens is 1. The highest BCUT2D eigenvalue weighted by Crippen LogP contribution is 2.18. The van der Waals surface area contributed by atoms with E-state index < -0.39 is 11.7 Å². The van der Waals surface area contributed by atoms with Gasteiger partial charge in [-0.1, -0.05) is 12.1 Å². The predicted octanol–water partition coefficient (Wildman–Crippen LogP) is 0.830. The summed E-state index contributed by atoms with van der Waals surface area (Å²) in [5.41, 5.74) is 6.29. The molecule has 0 radical (unpaired) electrons. The summed E-state index contributed by atoms with van der Waals surface area (Å²) in [5, 5.41) is 6.91. The molecule has 0 unspecified atom stereocenters. The molecule has 0 aliphatic heterocycles. The Kier molecular flexibility index (Phi) is 3.38. The largest absolute Gasteiger partial charge is 0.364 e. The third-order valence-electron chi connectivity index (χ3n) is 2.51. The van der Waals surface area contributed by atoms with E-state index in [1.807, 2.05) is 0 Å². The highest BCUT2D eigenvalue weighted by atomic mass is 19.1. The van der Waals surface area contributed by atoms with Gasteiger partial charge in [0.2, 0.25) is 0 Å². The highest BCUT2D eigenvalue weighted by molar-refractivity contribution is 5.90. The maximum Gasteiger partial charge on any atom is 0.269 e. The van der Waals surface area contributed by atoms with Crippen molar-refractivity contribution >= 4 is 5.91 Å². The minimum Gasteiger partial charge on any atom is -0.364 e. The van der Waals surface area contributed by atoms with Crippen LogP contribution in [0.1, 0.15) is 16.1 Å². The van der Waals surface area contributed by atoms with Crippen molar-refractivity contribution in [3.63, 3.8) is 0 Å². The summed E-state index contributed by atoms with van der Waals surface area (Å²) in [4.78, 5) is 11.0. The van der Waals surface area contributed by atoms with Crippen molar-refractivity contribution in [2.45, 2.75) is 6.54 Å². The number of para-hydroxylation sites is 1. The number of benzene rings is 1. The molecule has 1 aromatic heterocycles. The molecule has 1 heterocycles. The van der Waals surface area contributed by atoms with Gasteiger partial charge in [0.05, 0.1) is 0 Å².